The summed E-state index contributed by atoms with van der Waals surface area (Å²) in [5.74, 6) is -1.36. The number of amides is 2. The van der Waals surface area contributed by atoms with Gasteiger partial charge in [0.2, 0.25) is 0 Å². The van der Waals surface area contributed by atoms with E-state index in [9.17, 15) is 9.59 Å². The van der Waals surface area contributed by atoms with Crippen molar-refractivity contribution in [2.75, 3.05) is 13.7 Å². The highest BCUT2D eigenvalue weighted by Gasteiger charge is 2.25. The van der Waals surface area contributed by atoms with Gasteiger partial charge in [-0.15, -0.1) is 0 Å². The molecule has 0 bridgehead atoms. The van der Waals surface area contributed by atoms with Crippen LogP contribution >= 0.6 is 0 Å². The summed E-state index contributed by atoms with van der Waals surface area (Å²) in [5, 5.41) is 14.3. The van der Waals surface area contributed by atoms with Crippen LogP contribution < -0.4 is 10.6 Å². The van der Waals surface area contributed by atoms with Gasteiger partial charge < -0.3 is 20.5 Å². The van der Waals surface area contributed by atoms with Crippen LogP contribution in [0.1, 0.15) is 19.8 Å². The number of carboxylic acid groups (broad SMARTS) is 1. The van der Waals surface area contributed by atoms with Gasteiger partial charge in [-0.1, -0.05) is 12.2 Å². The molecule has 0 aromatic rings. The number of aliphatic carboxylic acids is 1. The van der Waals surface area contributed by atoms with Gasteiger partial charge in [-0.25, -0.2) is 4.79 Å². The van der Waals surface area contributed by atoms with E-state index in [0.717, 1.165) is 6.42 Å². The molecule has 0 radical (unpaired) electrons. The minimum Gasteiger partial charge on any atom is -0.481 e. The van der Waals surface area contributed by atoms with Crippen molar-refractivity contribution >= 4 is 12.0 Å². The third kappa shape index (κ3) is 4.75. The van der Waals surface area contributed by atoms with Gasteiger partial charge in [0.15, 0.2) is 0 Å². The quantitative estimate of drug-likeness (QED) is 0.612. The predicted molar refractivity (Wildman–Crippen MR) is 66.3 cm³/mol. The summed E-state index contributed by atoms with van der Waals surface area (Å²) in [6.45, 7) is 2.48. The van der Waals surface area contributed by atoms with Crippen molar-refractivity contribution in [3.8, 4) is 0 Å². The first-order valence-corrected chi connectivity index (χ1v) is 6.00. The van der Waals surface area contributed by atoms with Crippen LogP contribution in [-0.4, -0.2) is 42.9 Å². The lowest BCUT2D eigenvalue weighted by Gasteiger charge is -2.17. The monoisotopic (exact) mass is 256 g/mol. The van der Waals surface area contributed by atoms with Gasteiger partial charge in [-0.2, -0.15) is 0 Å². The van der Waals surface area contributed by atoms with E-state index in [1.807, 2.05) is 6.92 Å². The highest BCUT2D eigenvalue weighted by molar-refractivity contribution is 5.76. The first kappa shape index (κ1) is 14.5. The second kappa shape index (κ2) is 7.00. The van der Waals surface area contributed by atoms with Gasteiger partial charge in [-0.05, 0) is 19.8 Å². The lowest BCUT2D eigenvalue weighted by molar-refractivity contribution is -0.140. The third-order valence-corrected chi connectivity index (χ3v) is 2.85. The van der Waals surface area contributed by atoms with E-state index >= 15 is 0 Å². The Morgan fingerprint density at radius 2 is 2.22 bits per heavy atom. The highest BCUT2D eigenvalue weighted by Crippen LogP contribution is 2.17. The van der Waals surface area contributed by atoms with E-state index < -0.39 is 11.9 Å². The fourth-order valence-corrected chi connectivity index (χ4v) is 1.79. The predicted octanol–water partition coefficient (Wildman–Crippen LogP) is 0.740. The first-order valence-electron chi connectivity index (χ1n) is 6.00. The number of carboxylic acids is 1. The van der Waals surface area contributed by atoms with Gasteiger partial charge in [0.25, 0.3) is 0 Å². The van der Waals surface area contributed by atoms with Gasteiger partial charge >= 0.3 is 12.0 Å². The van der Waals surface area contributed by atoms with Gasteiger partial charge in [-0.3, -0.25) is 4.79 Å². The highest BCUT2D eigenvalue weighted by atomic mass is 16.5. The number of methoxy groups -OCH3 is 1. The summed E-state index contributed by atoms with van der Waals surface area (Å²) in [7, 11) is 1.61. The van der Waals surface area contributed by atoms with E-state index in [4.69, 9.17) is 9.84 Å². The Bertz CT molecular complexity index is 330. The number of rotatable bonds is 6. The summed E-state index contributed by atoms with van der Waals surface area (Å²) >= 11 is 0. The molecule has 3 N–H and O–H groups in total. The van der Waals surface area contributed by atoms with E-state index in [1.165, 1.54) is 0 Å². The number of nitrogens with one attached hydrogen (secondary N) is 2. The Balaban J connectivity index is 2.25. The van der Waals surface area contributed by atoms with Crippen LogP contribution in [0.15, 0.2) is 12.2 Å². The molecule has 0 spiro atoms. The lowest BCUT2D eigenvalue weighted by Crippen LogP contribution is -2.44. The molecule has 3 atom stereocenters. The zero-order valence-electron chi connectivity index (χ0n) is 10.7. The fraction of sp³-hybridized carbons (Fsp3) is 0.667. The largest absolute Gasteiger partial charge is 0.481 e. The SMILES string of the molecule is COCCC(C)NC(=O)NC1C=CC(C(=O)O)C1. The van der Waals surface area contributed by atoms with Crippen molar-refractivity contribution in [2.45, 2.75) is 31.8 Å². The molecule has 102 valence electrons. The van der Waals surface area contributed by atoms with Crippen LogP contribution in [0, 0.1) is 5.92 Å². The van der Waals surface area contributed by atoms with Crippen molar-refractivity contribution < 1.29 is 19.4 Å². The average Bonchev–Trinajstić information content (AvgIpc) is 2.74. The summed E-state index contributed by atoms with van der Waals surface area (Å²) < 4.78 is 4.92. The number of carbonyl (C=O) groups excluding carboxylic acids is 1. The molecule has 0 heterocycles. The number of urea groups is 1. The van der Waals surface area contributed by atoms with E-state index in [-0.39, 0.29) is 18.1 Å². The molecular weight excluding hydrogens is 236 g/mol. The van der Waals surface area contributed by atoms with Crippen LogP contribution in [0.5, 0.6) is 0 Å². The fourth-order valence-electron chi connectivity index (χ4n) is 1.79. The van der Waals surface area contributed by atoms with Crippen molar-refractivity contribution in [2.24, 2.45) is 5.92 Å². The summed E-state index contributed by atoms with van der Waals surface area (Å²) in [6.07, 6.45) is 4.48. The van der Waals surface area contributed by atoms with Crippen molar-refractivity contribution in [1.82, 2.24) is 10.6 Å². The molecule has 3 unspecified atom stereocenters. The molecular formula is C12H20N2O4. The molecule has 0 saturated carbocycles. The molecule has 1 rings (SSSR count). The molecule has 1 aliphatic rings. The maximum atomic E-state index is 11.6. The van der Waals surface area contributed by atoms with Crippen LogP contribution in [-0.2, 0) is 9.53 Å². The first-order chi connectivity index (χ1) is 8.52. The molecule has 18 heavy (non-hydrogen) atoms. The number of hydrogen-bond donors (Lipinski definition) is 3. The third-order valence-electron chi connectivity index (χ3n) is 2.85. The topological polar surface area (TPSA) is 87.7 Å². The van der Waals surface area contributed by atoms with Gasteiger partial charge in [0.1, 0.15) is 0 Å². The Morgan fingerprint density at radius 1 is 1.50 bits per heavy atom. The smallest absolute Gasteiger partial charge is 0.315 e. The zero-order valence-corrected chi connectivity index (χ0v) is 10.7. The number of ether oxygens (including phenoxy) is 1. The van der Waals surface area contributed by atoms with Crippen molar-refractivity contribution in [1.29, 1.82) is 0 Å². The Kier molecular flexibility index (Phi) is 5.64. The maximum absolute atomic E-state index is 11.6. The minimum atomic E-state index is -0.857. The van der Waals surface area contributed by atoms with Crippen molar-refractivity contribution in [3.63, 3.8) is 0 Å². The molecule has 0 aromatic carbocycles. The molecule has 6 heteroatoms. The summed E-state index contributed by atoms with van der Waals surface area (Å²) in [5.41, 5.74) is 0. The van der Waals surface area contributed by atoms with Crippen molar-refractivity contribution in [3.05, 3.63) is 12.2 Å². The normalized spacial score (nSPS) is 23.7. The van der Waals surface area contributed by atoms with Crippen LogP contribution in [0.25, 0.3) is 0 Å². The van der Waals surface area contributed by atoms with E-state index in [1.54, 1.807) is 19.3 Å². The molecule has 6 nitrogen and oxygen atoms in total. The molecule has 0 aliphatic heterocycles. The maximum Gasteiger partial charge on any atom is 0.315 e. The molecule has 0 aromatic heterocycles. The van der Waals surface area contributed by atoms with E-state index in [2.05, 4.69) is 10.6 Å². The van der Waals surface area contributed by atoms with Crippen LogP contribution in [0.2, 0.25) is 0 Å². The number of carbonyl (C=O) groups is 2. The molecule has 0 saturated heterocycles. The molecule has 2 amide bonds. The van der Waals surface area contributed by atoms with E-state index in [0.29, 0.717) is 13.0 Å². The summed E-state index contributed by atoms with van der Waals surface area (Å²) in [4.78, 5) is 22.3. The summed E-state index contributed by atoms with van der Waals surface area (Å²) in [6, 6.07) is -0.467. The minimum absolute atomic E-state index is 0.0191. The van der Waals surface area contributed by atoms with Gasteiger partial charge in [0, 0.05) is 19.8 Å². The second-order valence-corrected chi connectivity index (χ2v) is 4.47. The number of hydrogen-bond acceptors (Lipinski definition) is 3. The van der Waals surface area contributed by atoms with Gasteiger partial charge in [0.05, 0.1) is 12.0 Å². The van der Waals surface area contributed by atoms with Crippen LogP contribution in [0.4, 0.5) is 4.79 Å². The Morgan fingerprint density at radius 3 is 2.78 bits per heavy atom. The van der Waals surface area contributed by atoms with Crippen LogP contribution in [0.3, 0.4) is 0 Å². The molecule has 1 aliphatic carbocycles. The Labute approximate surface area is 106 Å². The lowest BCUT2D eigenvalue weighted by atomic mass is 10.1. The second-order valence-electron chi connectivity index (χ2n) is 4.47. The zero-order chi connectivity index (χ0) is 13.5. The average molecular weight is 256 g/mol. The molecule has 0 fully saturated rings. The Hall–Kier alpha value is -1.56. The standard InChI is InChI=1S/C12H20N2O4/c1-8(5-6-18-2)13-12(17)14-10-4-3-9(7-10)11(15)16/h3-4,8-10H,5-7H2,1-2H3,(H,15,16)(H2,13,14,17).